The highest BCUT2D eigenvalue weighted by molar-refractivity contribution is 6.33. The quantitative estimate of drug-likeness (QED) is 0.733. The molecule has 1 fully saturated rings. The molecule has 0 aliphatic heterocycles. The van der Waals surface area contributed by atoms with Gasteiger partial charge in [0.05, 0.1) is 17.7 Å². The van der Waals surface area contributed by atoms with Gasteiger partial charge < -0.3 is 4.74 Å². The molecule has 2 nitrogen and oxygen atoms in total. The van der Waals surface area contributed by atoms with Crippen molar-refractivity contribution in [3.63, 3.8) is 0 Å². The summed E-state index contributed by atoms with van der Waals surface area (Å²) >= 11 is 6.08. The summed E-state index contributed by atoms with van der Waals surface area (Å²) in [5.74, 6) is 0.243. The molecule has 0 heterocycles. The fraction of sp³-hybridized carbons (Fsp3) is 0.462. The fourth-order valence-electron chi connectivity index (χ4n) is 2.32. The van der Waals surface area contributed by atoms with Crippen LogP contribution in [-0.4, -0.2) is 13.1 Å². The van der Waals surface area contributed by atoms with Crippen LogP contribution in [0.4, 0.5) is 0 Å². The Labute approximate surface area is 101 Å². The van der Waals surface area contributed by atoms with E-state index in [-0.39, 0.29) is 5.97 Å². The lowest BCUT2D eigenvalue weighted by molar-refractivity contribution is 0.0601. The van der Waals surface area contributed by atoms with Crippen molar-refractivity contribution >= 4 is 17.6 Å². The van der Waals surface area contributed by atoms with E-state index in [1.807, 2.05) is 12.1 Å². The predicted molar refractivity (Wildman–Crippen MR) is 64.0 cm³/mol. The highest BCUT2D eigenvalue weighted by Crippen LogP contribution is 2.35. The molecule has 1 aromatic carbocycles. The molecule has 0 saturated heterocycles. The third-order valence-corrected chi connectivity index (χ3v) is 3.54. The van der Waals surface area contributed by atoms with Gasteiger partial charge in [0.1, 0.15) is 0 Å². The van der Waals surface area contributed by atoms with E-state index in [2.05, 4.69) is 4.74 Å². The number of carbonyl (C=O) groups excluding carboxylic acids is 1. The van der Waals surface area contributed by atoms with Gasteiger partial charge in [0.2, 0.25) is 0 Å². The summed E-state index contributed by atoms with van der Waals surface area (Å²) in [5, 5.41) is 0.497. The molecule has 0 atom stereocenters. The van der Waals surface area contributed by atoms with Gasteiger partial charge in [0.15, 0.2) is 0 Å². The van der Waals surface area contributed by atoms with Crippen LogP contribution in [0.25, 0.3) is 0 Å². The summed E-state index contributed by atoms with van der Waals surface area (Å²) in [7, 11) is 1.36. The van der Waals surface area contributed by atoms with E-state index in [9.17, 15) is 4.79 Å². The third kappa shape index (κ3) is 2.22. The first-order chi connectivity index (χ1) is 7.72. The monoisotopic (exact) mass is 238 g/mol. The van der Waals surface area contributed by atoms with Crippen molar-refractivity contribution in [2.75, 3.05) is 7.11 Å². The molecule has 0 unspecified atom stereocenters. The summed E-state index contributed by atoms with van der Waals surface area (Å²) in [6.07, 6.45) is 5.05. The van der Waals surface area contributed by atoms with Crippen molar-refractivity contribution in [3.8, 4) is 0 Å². The lowest BCUT2D eigenvalue weighted by Crippen LogP contribution is -2.03. The molecule has 16 heavy (non-hydrogen) atoms. The Morgan fingerprint density at radius 2 is 2.06 bits per heavy atom. The van der Waals surface area contributed by atoms with Crippen LogP contribution in [0.1, 0.15) is 47.5 Å². The molecule has 0 radical (unpaired) electrons. The van der Waals surface area contributed by atoms with Crippen molar-refractivity contribution in [1.29, 1.82) is 0 Å². The lowest BCUT2D eigenvalue weighted by atomic mass is 9.97. The minimum Gasteiger partial charge on any atom is -0.465 e. The van der Waals surface area contributed by atoms with E-state index in [1.54, 1.807) is 6.07 Å². The standard InChI is InChI=1S/C13H15ClO2/c1-16-13(15)11-7-6-10(8-12(11)14)9-4-2-3-5-9/h6-9H,2-5H2,1H3. The van der Waals surface area contributed by atoms with Crippen LogP contribution >= 0.6 is 11.6 Å². The largest absolute Gasteiger partial charge is 0.465 e. The van der Waals surface area contributed by atoms with E-state index >= 15 is 0 Å². The van der Waals surface area contributed by atoms with Crippen molar-refractivity contribution in [1.82, 2.24) is 0 Å². The average Bonchev–Trinajstić information content (AvgIpc) is 2.81. The van der Waals surface area contributed by atoms with Gasteiger partial charge in [-0.05, 0) is 36.5 Å². The van der Waals surface area contributed by atoms with Crippen LogP contribution in [0.5, 0.6) is 0 Å². The van der Waals surface area contributed by atoms with E-state index in [1.165, 1.54) is 38.4 Å². The maximum atomic E-state index is 11.4. The maximum Gasteiger partial charge on any atom is 0.339 e. The van der Waals surface area contributed by atoms with Gasteiger partial charge in [-0.3, -0.25) is 0 Å². The second-order valence-corrected chi connectivity index (χ2v) is 4.62. The minimum absolute atomic E-state index is 0.372. The van der Waals surface area contributed by atoms with Gasteiger partial charge in [0.25, 0.3) is 0 Å². The molecule has 1 aliphatic carbocycles. The number of rotatable bonds is 2. The molecule has 0 aromatic heterocycles. The Morgan fingerprint density at radius 1 is 1.38 bits per heavy atom. The number of halogens is 1. The van der Waals surface area contributed by atoms with Crippen LogP contribution in [0.15, 0.2) is 18.2 Å². The first kappa shape index (κ1) is 11.5. The van der Waals surface area contributed by atoms with Crippen LogP contribution in [-0.2, 0) is 4.74 Å². The van der Waals surface area contributed by atoms with Gasteiger partial charge in [0, 0.05) is 0 Å². The smallest absolute Gasteiger partial charge is 0.339 e. The van der Waals surface area contributed by atoms with Crippen molar-refractivity contribution in [3.05, 3.63) is 34.3 Å². The Bertz CT molecular complexity index is 395. The van der Waals surface area contributed by atoms with Crippen molar-refractivity contribution in [2.45, 2.75) is 31.6 Å². The van der Waals surface area contributed by atoms with Crippen molar-refractivity contribution in [2.24, 2.45) is 0 Å². The molecule has 2 rings (SSSR count). The molecular weight excluding hydrogens is 224 g/mol. The fourth-order valence-corrected chi connectivity index (χ4v) is 2.59. The van der Waals surface area contributed by atoms with Gasteiger partial charge >= 0.3 is 5.97 Å². The van der Waals surface area contributed by atoms with Crippen LogP contribution in [0, 0.1) is 0 Å². The maximum absolute atomic E-state index is 11.4. The second kappa shape index (κ2) is 4.88. The highest BCUT2D eigenvalue weighted by Gasteiger charge is 2.19. The van der Waals surface area contributed by atoms with Gasteiger partial charge in [-0.1, -0.05) is 30.5 Å². The molecule has 1 aliphatic rings. The number of esters is 1. The summed E-state index contributed by atoms with van der Waals surface area (Å²) in [6.45, 7) is 0. The Morgan fingerprint density at radius 3 is 2.62 bits per heavy atom. The average molecular weight is 239 g/mol. The molecule has 0 N–H and O–H groups in total. The number of ether oxygens (including phenoxy) is 1. The topological polar surface area (TPSA) is 26.3 Å². The SMILES string of the molecule is COC(=O)c1ccc(C2CCCC2)cc1Cl. The minimum atomic E-state index is -0.372. The van der Waals surface area contributed by atoms with Gasteiger partial charge in [-0.15, -0.1) is 0 Å². The predicted octanol–water partition coefficient (Wildman–Crippen LogP) is 3.78. The summed E-state index contributed by atoms with van der Waals surface area (Å²) < 4.78 is 4.66. The number of methoxy groups -OCH3 is 1. The summed E-state index contributed by atoms with van der Waals surface area (Å²) in [5.41, 5.74) is 1.70. The molecular formula is C13H15ClO2. The number of hydrogen-bond acceptors (Lipinski definition) is 2. The Kier molecular flexibility index (Phi) is 3.49. The third-order valence-electron chi connectivity index (χ3n) is 3.23. The second-order valence-electron chi connectivity index (χ2n) is 4.21. The number of carbonyl (C=O) groups is 1. The molecule has 1 aromatic rings. The summed E-state index contributed by atoms with van der Waals surface area (Å²) in [6, 6.07) is 5.67. The van der Waals surface area contributed by atoms with E-state index in [0.717, 1.165) is 0 Å². The normalized spacial score (nSPS) is 16.4. The first-order valence-electron chi connectivity index (χ1n) is 5.60. The highest BCUT2D eigenvalue weighted by atomic mass is 35.5. The van der Waals surface area contributed by atoms with E-state index < -0.39 is 0 Å². The molecule has 86 valence electrons. The molecule has 0 spiro atoms. The van der Waals surface area contributed by atoms with Crippen LogP contribution < -0.4 is 0 Å². The first-order valence-corrected chi connectivity index (χ1v) is 5.98. The zero-order valence-electron chi connectivity index (χ0n) is 9.33. The Balaban J connectivity index is 2.25. The van der Waals surface area contributed by atoms with Crippen molar-refractivity contribution < 1.29 is 9.53 Å². The van der Waals surface area contributed by atoms with Gasteiger partial charge in [-0.25, -0.2) is 4.79 Å². The summed E-state index contributed by atoms with van der Waals surface area (Å²) in [4.78, 5) is 11.4. The molecule has 0 bridgehead atoms. The zero-order valence-corrected chi connectivity index (χ0v) is 10.1. The Hall–Kier alpha value is -1.02. The van der Waals surface area contributed by atoms with Crippen LogP contribution in [0.3, 0.4) is 0 Å². The number of benzene rings is 1. The zero-order chi connectivity index (χ0) is 11.5. The lowest BCUT2D eigenvalue weighted by Gasteiger charge is -2.11. The number of hydrogen-bond donors (Lipinski definition) is 0. The molecule has 1 saturated carbocycles. The van der Waals surface area contributed by atoms with E-state index in [0.29, 0.717) is 16.5 Å². The molecule has 0 amide bonds. The van der Waals surface area contributed by atoms with Gasteiger partial charge in [-0.2, -0.15) is 0 Å². The molecule has 3 heteroatoms. The van der Waals surface area contributed by atoms with E-state index in [4.69, 9.17) is 11.6 Å². The van der Waals surface area contributed by atoms with Crippen LogP contribution in [0.2, 0.25) is 5.02 Å².